The fourth-order valence-corrected chi connectivity index (χ4v) is 0. The van der Waals surface area contributed by atoms with Gasteiger partial charge in [-0.3, -0.25) is 0 Å². The number of thiocyanates is 2. The molecular formula is C2H2CaN2S2. The smallest absolute Gasteiger partial charge is 0.130 e. The Morgan fingerprint density at radius 1 is 1.00 bits per heavy atom. The summed E-state index contributed by atoms with van der Waals surface area (Å²) in [5.41, 5.74) is 0. The monoisotopic (exact) mass is 158 g/mol. The van der Waals surface area contributed by atoms with Crippen LogP contribution in [0.25, 0.3) is 0 Å². The summed E-state index contributed by atoms with van der Waals surface area (Å²) in [5.74, 6) is 0. The molecule has 0 N–H and O–H groups in total. The number of thiol groups is 2. The first-order valence-electron chi connectivity index (χ1n) is 0.894. The molecule has 0 aliphatic rings. The summed E-state index contributed by atoms with van der Waals surface area (Å²) in [6.45, 7) is 0. The molecule has 0 spiro atoms. The van der Waals surface area contributed by atoms with Crippen molar-refractivity contribution < 1.29 is 0 Å². The maximum Gasteiger partial charge on any atom is 0.130 e. The van der Waals surface area contributed by atoms with Gasteiger partial charge in [-0.15, -0.1) is 0 Å². The normalized spacial score (nSPS) is 2.29. The molecule has 0 aromatic heterocycles. The Kier molecular flexibility index (Phi) is 63.4. The van der Waals surface area contributed by atoms with Gasteiger partial charge in [0, 0.05) is 37.7 Å². The van der Waals surface area contributed by atoms with Gasteiger partial charge in [0.2, 0.25) is 0 Å². The van der Waals surface area contributed by atoms with Crippen LogP contribution in [0, 0.1) is 21.3 Å². The number of rotatable bonds is 0. The third-order valence-corrected chi connectivity index (χ3v) is 0. The van der Waals surface area contributed by atoms with Crippen LogP contribution in [0.3, 0.4) is 0 Å². The summed E-state index contributed by atoms with van der Waals surface area (Å²) in [6.07, 6.45) is 0. The zero-order valence-corrected chi connectivity index (χ0v) is 7.49. The second kappa shape index (κ2) is 28.3. The van der Waals surface area contributed by atoms with E-state index in [4.69, 9.17) is 10.5 Å². The predicted molar refractivity (Wildman–Crippen MR) is 35.0 cm³/mol. The van der Waals surface area contributed by atoms with Crippen molar-refractivity contribution in [2.75, 3.05) is 0 Å². The van der Waals surface area contributed by atoms with Crippen LogP contribution >= 0.6 is 25.3 Å². The van der Waals surface area contributed by atoms with Crippen LogP contribution in [0.5, 0.6) is 0 Å². The fourth-order valence-electron chi connectivity index (χ4n) is 0. The minimum absolute atomic E-state index is 0. The van der Waals surface area contributed by atoms with Crippen LogP contribution in [0.4, 0.5) is 0 Å². The molecule has 2 radical (unpaired) electrons. The van der Waals surface area contributed by atoms with E-state index in [9.17, 15) is 0 Å². The summed E-state index contributed by atoms with van der Waals surface area (Å²) in [4.78, 5) is 0. The van der Waals surface area contributed by atoms with Gasteiger partial charge in [-0.1, -0.05) is 25.3 Å². The molecule has 0 saturated carbocycles. The van der Waals surface area contributed by atoms with E-state index >= 15 is 0 Å². The van der Waals surface area contributed by atoms with Crippen molar-refractivity contribution in [1.29, 1.82) is 10.5 Å². The zero-order valence-electron chi connectivity index (χ0n) is 3.50. The number of hydrogen-bond donors (Lipinski definition) is 2. The van der Waals surface area contributed by atoms with Gasteiger partial charge in [0.15, 0.2) is 0 Å². The predicted octanol–water partition coefficient (Wildman–Crippen LogP) is 0.414. The van der Waals surface area contributed by atoms with Gasteiger partial charge < -0.3 is 0 Å². The molecule has 0 amide bonds. The molecule has 0 heterocycles. The van der Waals surface area contributed by atoms with Crippen LogP contribution < -0.4 is 0 Å². The molecule has 0 aromatic rings. The van der Waals surface area contributed by atoms with E-state index in [0.29, 0.717) is 0 Å². The van der Waals surface area contributed by atoms with E-state index in [1.54, 1.807) is 0 Å². The van der Waals surface area contributed by atoms with Crippen LogP contribution in [0.1, 0.15) is 0 Å². The Morgan fingerprint density at radius 2 is 1.00 bits per heavy atom. The van der Waals surface area contributed by atoms with Crippen molar-refractivity contribution in [2.24, 2.45) is 0 Å². The van der Waals surface area contributed by atoms with Gasteiger partial charge in [0.25, 0.3) is 0 Å². The SMILES string of the molecule is N#CS.N#CS.[Ca]. The van der Waals surface area contributed by atoms with Crippen LogP contribution in [0.15, 0.2) is 0 Å². The molecule has 0 rings (SSSR count). The van der Waals surface area contributed by atoms with Crippen LogP contribution in [-0.2, 0) is 0 Å². The minimum Gasteiger partial charge on any atom is -0.185 e. The molecule has 7 heavy (non-hydrogen) atoms. The number of hydrogen-bond acceptors (Lipinski definition) is 4. The summed E-state index contributed by atoms with van der Waals surface area (Å²) in [7, 11) is 0. The number of nitriles is 2. The molecule has 5 heteroatoms. The van der Waals surface area contributed by atoms with E-state index in [-0.39, 0.29) is 37.7 Å². The van der Waals surface area contributed by atoms with Crippen molar-refractivity contribution in [3.63, 3.8) is 0 Å². The van der Waals surface area contributed by atoms with E-state index in [0.717, 1.165) is 0 Å². The molecule has 0 saturated heterocycles. The summed E-state index contributed by atoms with van der Waals surface area (Å²) >= 11 is 6.19. The molecule has 0 aromatic carbocycles. The maximum absolute atomic E-state index is 7.18. The Hall–Kier alpha value is 0.940. The van der Waals surface area contributed by atoms with Gasteiger partial charge >= 0.3 is 0 Å². The van der Waals surface area contributed by atoms with Crippen LogP contribution in [-0.4, -0.2) is 37.7 Å². The van der Waals surface area contributed by atoms with Crippen molar-refractivity contribution in [2.45, 2.75) is 0 Å². The largest absolute Gasteiger partial charge is 0.185 e. The third-order valence-electron chi connectivity index (χ3n) is 0. The van der Waals surface area contributed by atoms with Gasteiger partial charge in [-0.2, -0.15) is 10.5 Å². The molecule has 0 aliphatic heterocycles. The third kappa shape index (κ3) is 192. The first kappa shape index (κ1) is 15.7. The fraction of sp³-hybridized carbons (Fsp3) is 0. The van der Waals surface area contributed by atoms with Gasteiger partial charge in [0.05, 0.1) is 0 Å². The molecule has 0 aliphatic carbocycles. The molecule has 2 nitrogen and oxygen atoms in total. The maximum atomic E-state index is 7.18. The average molecular weight is 158 g/mol. The van der Waals surface area contributed by atoms with E-state index in [2.05, 4.69) is 25.3 Å². The standard InChI is InChI=1S/2CHNS.Ca/c2*2-1-3;/h2*3H;. The van der Waals surface area contributed by atoms with Crippen molar-refractivity contribution in [1.82, 2.24) is 0 Å². The Labute approximate surface area is 83.3 Å². The van der Waals surface area contributed by atoms with Gasteiger partial charge in [-0.05, 0) is 0 Å². The van der Waals surface area contributed by atoms with Gasteiger partial charge in [0.1, 0.15) is 10.8 Å². The second-order valence-electron chi connectivity index (χ2n) is 0.200. The van der Waals surface area contributed by atoms with Crippen LogP contribution in [0.2, 0.25) is 0 Å². The zero-order chi connectivity index (χ0) is 5.41. The van der Waals surface area contributed by atoms with Crippen molar-refractivity contribution >= 4 is 63.0 Å². The van der Waals surface area contributed by atoms with Gasteiger partial charge in [-0.25, -0.2) is 0 Å². The minimum atomic E-state index is 0. The first-order valence-corrected chi connectivity index (χ1v) is 1.79. The summed E-state index contributed by atoms with van der Waals surface area (Å²) in [5, 5.41) is 17.3. The Balaban J connectivity index is -0.0000000400. The first-order chi connectivity index (χ1) is 2.83. The second-order valence-corrected chi connectivity index (χ2v) is 0.600. The summed E-state index contributed by atoms with van der Waals surface area (Å²) in [6, 6.07) is 0. The molecule has 34 valence electrons. The molecule has 0 bridgehead atoms. The van der Waals surface area contributed by atoms with Crippen molar-refractivity contribution in [3.8, 4) is 10.8 Å². The molecule has 0 unspecified atom stereocenters. The van der Waals surface area contributed by atoms with Crippen molar-refractivity contribution in [3.05, 3.63) is 0 Å². The summed E-state index contributed by atoms with van der Waals surface area (Å²) < 4.78 is 0. The quantitative estimate of drug-likeness (QED) is 0.305. The van der Waals surface area contributed by atoms with E-state index in [1.165, 1.54) is 10.8 Å². The Bertz CT molecular complexity index is 68.7. The molecule has 0 fully saturated rings. The number of nitrogens with zero attached hydrogens (tertiary/aromatic N) is 2. The topological polar surface area (TPSA) is 47.6 Å². The molecule has 0 atom stereocenters. The van der Waals surface area contributed by atoms with E-state index in [1.807, 2.05) is 0 Å². The average Bonchev–Trinajstić information content (AvgIpc) is 1.39. The Morgan fingerprint density at radius 3 is 1.00 bits per heavy atom. The van der Waals surface area contributed by atoms with E-state index < -0.39 is 0 Å². The molecular weight excluding hydrogens is 156 g/mol.